The van der Waals surface area contributed by atoms with Crippen LogP contribution in [0, 0.1) is 0 Å². The monoisotopic (exact) mass is 191 g/mol. The second kappa shape index (κ2) is 7.23. The molecule has 1 unspecified atom stereocenters. The summed E-state index contributed by atoms with van der Waals surface area (Å²) in [5, 5.41) is 8.55. The Labute approximate surface area is 77.9 Å². The van der Waals surface area contributed by atoms with E-state index >= 15 is 0 Å². The van der Waals surface area contributed by atoms with Crippen LogP contribution in [0.15, 0.2) is 0 Å². The van der Waals surface area contributed by atoms with Gasteiger partial charge >= 0.3 is 0 Å². The lowest BCUT2D eigenvalue weighted by Gasteiger charge is -2.11. The first-order valence-electron chi connectivity index (χ1n) is 4.73. The molecule has 1 heterocycles. The van der Waals surface area contributed by atoms with Crippen molar-refractivity contribution >= 4 is 0 Å². The molecule has 0 aromatic carbocycles. The molecule has 1 aliphatic rings. The third-order valence-electron chi connectivity index (χ3n) is 1.96. The van der Waals surface area contributed by atoms with Crippen molar-refractivity contribution < 1.29 is 19.9 Å². The summed E-state index contributed by atoms with van der Waals surface area (Å²) in [6, 6.07) is 0.0167. The molecule has 1 saturated heterocycles. The Bertz CT molecular complexity index is 111. The molecular weight excluding hydrogens is 174 g/mol. The summed E-state index contributed by atoms with van der Waals surface area (Å²) in [6.07, 6.45) is 5.38. The molecule has 0 saturated carbocycles. The van der Waals surface area contributed by atoms with Gasteiger partial charge in [-0.1, -0.05) is 19.3 Å². The molecule has 78 valence electrons. The fraction of sp³-hybridized carbons (Fsp3) is 1.00. The molecular formula is C8H17NO4. The fourth-order valence-corrected chi connectivity index (χ4v) is 1.19. The van der Waals surface area contributed by atoms with Gasteiger partial charge in [-0.05, 0) is 22.9 Å². The van der Waals surface area contributed by atoms with Gasteiger partial charge in [0, 0.05) is 6.04 Å². The predicted molar refractivity (Wildman–Crippen MR) is 45.1 cm³/mol. The summed E-state index contributed by atoms with van der Waals surface area (Å²) in [4.78, 5) is 9.30. The van der Waals surface area contributed by atoms with Crippen molar-refractivity contribution in [1.82, 2.24) is 0 Å². The number of hydrogen-bond donors (Lipinski definition) is 1. The number of nitrogens with two attached hydrogens (primary N) is 1. The van der Waals surface area contributed by atoms with Crippen LogP contribution in [0.3, 0.4) is 0 Å². The van der Waals surface area contributed by atoms with E-state index in [9.17, 15) is 0 Å². The maximum absolute atomic E-state index is 5.71. The third kappa shape index (κ3) is 5.95. The van der Waals surface area contributed by atoms with Crippen molar-refractivity contribution in [2.75, 3.05) is 13.2 Å². The first-order valence-corrected chi connectivity index (χ1v) is 4.73. The van der Waals surface area contributed by atoms with Crippen molar-refractivity contribution in [3.63, 3.8) is 0 Å². The minimum atomic E-state index is 0.0167. The third-order valence-corrected chi connectivity index (χ3v) is 1.96. The highest BCUT2D eigenvalue weighted by Crippen LogP contribution is 2.06. The molecule has 5 nitrogen and oxygen atoms in total. The van der Waals surface area contributed by atoms with Crippen LogP contribution in [0.25, 0.3) is 0 Å². The minimum Gasteiger partial charge on any atom is -0.326 e. The molecule has 0 aromatic heterocycles. The van der Waals surface area contributed by atoms with E-state index in [1.54, 1.807) is 0 Å². The molecule has 0 spiro atoms. The predicted octanol–water partition coefficient (Wildman–Crippen LogP) is 1.09. The lowest BCUT2D eigenvalue weighted by atomic mass is 10.1. The van der Waals surface area contributed by atoms with Crippen LogP contribution in [0.1, 0.15) is 32.1 Å². The lowest BCUT2D eigenvalue weighted by molar-refractivity contribution is -0.634. The van der Waals surface area contributed by atoms with E-state index in [0.717, 1.165) is 25.7 Å². The van der Waals surface area contributed by atoms with Crippen LogP contribution in [-0.4, -0.2) is 19.3 Å². The number of rotatable bonds is 0. The molecule has 0 bridgehead atoms. The zero-order valence-corrected chi connectivity index (χ0v) is 7.74. The Balaban J connectivity index is 2.11. The van der Waals surface area contributed by atoms with Crippen LogP contribution in [0.5, 0.6) is 0 Å². The Morgan fingerprint density at radius 1 is 0.923 bits per heavy atom. The first-order chi connectivity index (χ1) is 6.39. The Hall–Kier alpha value is -0.200. The topological polar surface area (TPSA) is 62.9 Å². The smallest absolute Gasteiger partial charge is 0.101 e. The largest absolute Gasteiger partial charge is 0.326 e. The van der Waals surface area contributed by atoms with E-state index in [0.29, 0.717) is 13.2 Å². The summed E-state index contributed by atoms with van der Waals surface area (Å²) in [6.45, 7) is 0.874. The van der Waals surface area contributed by atoms with Gasteiger partial charge in [-0.15, -0.1) is 0 Å². The second-order valence-electron chi connectivity index (χ2n) is 3.21. The molecule has 0 aliphatic carbocycles. The standard InChI is InChI=1S/C8H17NO4/c9-8-5-3-1-2-4-6-10-12-13-11-7-8/h8H,1-7,9H2. The van der Waals surface area contributed by atoms with Crippen LogP contribution < -0.4 is 5.73 Å². The summed E-state index contributed by atoms with van der Waals surface area (Å²) < 4.78 is 0. The molecule has 0 aromatic rings. The molecule has 0 radical (unpaired) electrons. The average Bonchev–Trinajstić information content (AvgIpc) is 2.11. The van der Waals surface area contributed by atoms with Gasteiger partial charge in [-0.25, -0.2) is 9.78 Å². The van der Waals surface area contributed by atoms with Crippen LogP contribution in [0.4, 0.5) is 0 Å². The average molecular weight is 191 g/mol. The zero-order chi connectivity index (χ0) is 9.36. The number of hydrogen-bond acceptors (Lipinski definition) is 5. The highest BCUT2D eigenvalue weighted by atomic mass is 17.7. The van der Waals surface area contributed by atoms with Crippen molar-refractivity contribution in [2.24, 2.45) is 5.73 Å². The van der Waals surface area contributed by atoms with E-state index in [-0.39, 0.29) is 6.04 Å². The molecule has 1 atom stereocenters. The van der Waals surface area contributed by atoms with Crippen LogP contribution >= 0.6 is 0 Å². The van der Waals surface area contributed by atoms with E-state index in [2.05, 4.69) is 19.9 Å². The van der Waals surface area contributed by atoms with Gasteiger partial charge < -0.3 is 5.73 Å². The van der Waals surface area contributed by atoms with E-state index < -0.39 is 0 Å². The Morgan fingerprint density at radius 3 is 2.62 bits per heavy atom. The van der Waals surface area contributed by atoms with Gasteiger partial charge in [0.1, 0.15) is 6.61 Å². The van der Waals surface area contributed by atoms with Crippen molar-refractivity contribution in [1.29, 1.82) is 0 Å². The highest BCUT2D eigenvalue weighted by Gasteiger charge is 2.04. The minimum absolute atomic E-state index is 0.0167. The normalized spacial score (nSPS) is 28.8. The summed E-state index contributed by atoms with van der Waals surface area (Å²) >= 11 is 0. The highest BCUT2D eigenvalue weighted by molar-refractivity contribution is 4.58. The zero-order valence-electron chi connectivity index (χ0n) is 7.74. The van der Waals surface area contributed by atoms with Gasteiger partial charge in [0.05, 0.1) is 6.61 Å². The van der Waals surface area contributed by atoms with Gasteiger partial charge in [-0.3, -0.25) is 0 Å². The molecule has 13 heavy (non-hydrogen) atoms. The van der Waals surface area contributed by atoms with Gasteiger partial charge in [0.25, 0.3) is 0 Å². The molecule has 1 fully saturated rings. The maximum Gasteiger partial charge on any atom is 0.101 e. The summed E-state index contributed by atoms with van der Waals surface area (Å²) in [5.41, 5.74) is 5.71. The van der Waals surface area contributed by atoms with Crippen LogP contribution in [-0.2, 0) is 19.9 Å². The van der Waals surface area contributed by atoms with Gasteiger partial charge in [0.15, 0.2) is 0 Å². The van der Waals surface area contributed by atoms with E-state index in [1.807, 2.05) is 0 Å². The van der Waals surface area contributed by atoms with Crippen molar-refractivity contribution in [3.05, 3.63) is 0 Å². The van der Waals surface area contributed by atoms with E-state index in [4.69, 9.17) is 5.73 Å². The second-order valence-corrected chi connectivity index (χ2v) is 3.21. The maximum atomic E-state index is 5.71. The molecule has 0 amide bonds. The molecule has 1 aliphatic heterocycles. The quantitative estimate of drug-likeness (QED) is 0.581. The van der Waals surface area contributed by atoms with Crippen molar-refractivity contribution in [3.8, 4) is 0 Å². The van der Waals surface area contributed by atoms with Crippen LogP contribution in [0.2, 0.25) is 0 Å². The van der Waals surface area contributed by atoms with Gasteiger partial charge in [-0.2, -0.15) is 0 Å². The molecule has 2 N–H and O–H groups in total. The summed E-state index contributed by atoms with van der Waals surface area (Å²) in [7, 11) is 0. The molecule has 5 heteroatoms. The van der Waals surface area contributed by atoms with Crippen molar-refractivity contribution in [2.45, 2.75) is 38.1 Å². The van der Waals surface area contributed by atoms with Gasteiger partial charge in [0.2, 0.25) is 0 Å². The summed E-state index contributed by atoms with van der Waals surface area (Å²) in [5.74, 6) is 0. The Kier molecular flexibility index (Phi) is 6.05. The first kappa shape index (κ1) is 10.9. The SMILES string of the molecule is NC1CCCCCCOOOOC1. The molecule has 1 rings (SSSR count). The van der Waals surface area contributed by atoms with E-state index in [1.165, 1.54) is 6.42 Å². The Morgan fingerprint density at radius 2 is 1.69 bits per heavy atom. The fourth-order valence-electron chi connectivity index (χ4n) is 1.19. The lowest BCUT2D eigenvalue weighted by Crippen LogP contribution is -2.26.